The number of hydrogen-bond acceptors (Lipinski definition) is 5. The number of nitrogens with two attached hydrogens (primary N) is 1. The van der Waals surface area contributed by atoms with Crippen LogP contribution in [0.3, 0.4) is 0 Å². The SMILES string of the molecule is NS(=O)(=O)CCOc1cc(Cl)c(Cl)cc1[N+](=O)[O-]. The van der Waals surface area contributed by atoms with E-state index in [9.17, 15) is 18.5 Å². The molecule has 0 fully saturated rings. The Labute approximate surface area is 113 Å². The van der Waals surface area contributed by atoms with Crippen molar-refractivity contribution < 1.29 is 18.1 Å². The van der Waals surface area contributed by atoms with Crippen molar-refractivity contribution in [1.29, 1.82) is 0 Å². The van der Waals surface area contributed by atoms with Crippen molar-refractivity contribution in [2.45, 2.75) is 0 Å². The molecule has 0 aromatic heterocycles. The highest BCUT2D eigenvalue weighted by atomic mass is 35.5. The van der Waals surface area contributed by atoms with Crippen molar-refractivity contribution in [2.75, 3.05) is 12.4 Å². The molecule has 1 rings (SSSR count). The Balaban J connectivity index is 2.94. The zero-order valence-corrected chi connectivity index (χ0v) is 11.1. The minimum Gasteiger partial charge on any atom is -0.486 e. The monoisotopic (exact) mass is 314 g/mol. The van der Waals surface area contributed by atoms with Crippen LogP contribution in [0.5, 0.6) is 5.75 Å². The number of benzene rings is 1. The summed E-state index contributed by atoms with van der Waals surface area (Å²) in [6, 6.07) is 2.17. The number of rotatable bonds is 5. The molecule has 0 bridgehead atoms. The van der Waals surface area contributed by atoms with E-state index in [4.69, 9.17) is 33.1 Å². The van der Waals surface area contributed by atoms with Gasteiger partial charge in [-0.15, -0.1) is 0 Å². The number of sulfonamides is 1. The first-order chi connectivity index (χ1) is 8.20. The van der Waals surface area contributed by atoms with Gasteiger partial charge in [-0.05, 0) is 0 Å². The van der Waals surface area contributed by atoms with E-state index in [1.54, 1.807) is 0 Å². The second-order valence-electron chi connectivity index (χ2n) is 3.21. The summed E-state index contributed by atoms with van der Waals surface area (Å²) in [7, 11) is -3.70. The third kappa shape index (κ3) is 4.30. The second kappa shape index (κ2) is 5.70. The average Bonchev–Trinajstić information content (AvgIpc) is 2.20. The Morgan fingerprint density at radius 3 is 2.39 bits per heavy atom. The van der Waals surface area contributed by atoms with Crippen LogP contribution >= 0.6 is 23.2 Å². The normalized spacial score (nSPS) is 11.3. The molecule has 1 aromatic carbocycles. The van der Waals surface area contributed by atoms with Gasteiger partial charge < -0.3 is 4.74 Å². The molecule has 0 unspecified atom stereocenters. The zero-order valence-electron chi connectivity index (χ0n) is 8.80. The van der Waals surface area contributed by atoms with Gasteiger partial charge in [-0.25, -0.2) is 13.6 Å². The molecule has 18 heavy (non-hydrogen) atoms. The summed E-state index contributed by atoms with van der Waals surface area (Å²) in [5, 5.41) is 15.6. The number of primary sulfonamides is 1. The van der Waals surface area contributed by atoms with Gasteiger partial charge in [-0.2, -0.15) is 0 Å². The molecule has 0 aliphatic rings. The van der Waals surface area contributed by atoms with E-state index in [0.29, 0.717) is 0 Å². The molecular weight excluding hydrogens is 307 g/mol. The van der Waals surface area contributed by atoms with Crippen LogP contribution < -0.4 is 9.88 Å². The van der Waals surface area contributed by atoms with Gasteiger partial charge in [-0.1, -0.05) is 23.2 Å². The Morgan fingerprint density at radius 2 is 1.89 bits per heavy atom. The molecule has 0 saturated heterocycles. The largest absolute Gasteiger partial charge is 0.486 e. The van der Waals surface area contributed by atoms with E-state index in [1.807, 2.05) is 0 Å². The number of nitro benzene ring substituents is 1. The minimum absolute atomic E-state index is 0.00200. The predicted octanol–water partition coefficient (Wildman–Crippen LogP) is 1.57. The number of halogens is 2. The fourth-order valence-corrected chi connectivity index (χ4v) is 1.67. The molecule has 0 aliphatic carbocycles. The van der Waals surface area contributed by atoms with Crippen molar-refractivity contribution in [1.82, 2.24) is 0 Å². The van der Waals surface area contributed by atoms with Gasteiger partial charge in [0.25, 0.3) is 0 Å². The van der Waals surface area contributed by atoms with Crippen molar-refractivity contribution in [3.8, 4) is 5.75 Å². The molecule has 0 heterocycles. The van der Waals surface area contributed by atoms with Crippen molar-refractivity contribution in [2.24, 2.45) is 5.14 Å². The van der Waals surface area contributed by atoms with Gasteiger partial charge in [0.2, 0.25) is 10.0 Å². The van der Waals surface area contributed by atoms with E-state index in [0.717, 1.165) is 12.1 Å². The van der Waals surface area contributed by atoms with Crippen LogP contribution in [0.25, 0.3) is 0 Å². The summed E-state index contributed by atoms with van der Waals surface area (Å²) < 4.78 is 26.3. The lowest BCUT2D eigenvalue weighted by Crippen LogP contribution is -2.21. The average molecular weight is 315 g/mol. The number of ether oxygens (including phenoxy) is 1. The van der Waals surface area contributed by atoms with Crippen LogP contribution in [0.4, 0.5) is 5.69 Å². The van der Waals surface area contributed by atoms with Crippen LogP contribution in [0, 0.1) is 10.1 Å². The van der Waals surface area contributed by atoms with E-state index in [2.05, 4.69) is 0 Å². The predicted molar refractivity (Wildman–Crippen MR) is 66.6 cm³/mol. The van der Waals surface area contributed by atoms with Gasteiger partial charge in [0, 0.05) is 12.1 Å². The Kier molecular flexibility index (Phi) is 4.74. The van der Waals surface area contributed by atoms with E-state index < -0.39 is 26.4 Å². The molecular formula is C8H8Cl2N2O5S. The maximum absolute atomic E-state index is 10.7. The first-order valence-corrected chi connectivity index (χ1v) is 6.94. The van der Waals surface area contributed by atoms with E-state index in [-0.39, 0.29) is 22.4 Å². The van der Waals surface area contributed by atoms with Crippen molar-refractivity contribution in [3.63, 3.8) is 0 Å². The van der Waals surface area contributed by atoms with Crippen molar-refractivity contribution in [3.05, 3.63) is 32.3 Å². The van der Waals surface area contributed by atoms with Gasteiger partial charge in [0.15, 0.2) is 5.75 Å². The number of nitrogens with zero attached hydrogens (tertiary/aromatic N) is 1. The second-order valence-corrected chi connectivity index (χ2v) is 5.75. The Morgan fingerprint density at radius 1 is 1.33 bits per heavy atom. The summed E-state index contributed by atoms with van der Waals surface area (Å²) in [4.78, 5) is 10.0. The molecule has 1 aromatic rings. The summed E-state index contributed by atoms with van der Waals surface area (Å²) >= 11 is 11.3. The zero-order chi connectivity index (χ0) is 13.9. The Hall–Kier alpha value is -1.09. The fraction of sp³-hybridized carbons (Fsp3) is 0.250. The fourth-order valence-electron chi connectivity index (χ4n) is 1.04. The molecule has 0 amide bonds. The van der Waals surface area contributed by atoms with E-state index in [1.165, 1.54) is 0 Å². The Bertz CT molecular complexity index is 575. The first kappa shape index (κ1) is 15.0. The molecule has 10 heteroatoms. The summed E-state index contributed by atoms with van der Waals surface area (Å²) in [5.41, 5.74) is -0.404. The third-order valence-corrected chi connectivity index (χ3v) is 3.28. The molecule has 0 radical (unpaired) electrons. The van der Waals surface area contributed by atoms with Crippen LogP contribution in [-0.4, -0.2) is 25.7 Å². The third-order valence-electron chi connectivity index (χ3n) is 1.82. The highest BCUT2D eigenvalue weighted by Gasteiger charge is 2.18. The number of hydrogen-bond donors (Lipinski definition) is 1. The first-order valence-electron chi connectivity index (χ1n) is 4.47. The van der Waals surface area contributed by atoms with Crippen LogP contribution in [-0.2, 0) is 10.0 Å². The lowest BCUT2D eigenvalue weighted by molar-refractivity contribution is -0.385. The van der Waals surface area contributed by atoms with Gasteiger partial charge in [0.05, 0.1) is 20.7 Å². The molecule has 100 valence electrons. The quantitative estimate of drug-likeness (QED) is 0.654. The standard InChI is InChI=1S/C8H8Cl2N2O5S/c9-5-3-7(12(13)14)8(4-6(5)10)17-1-2-18(11,15)16/h3-4H,1-2H2,(H2,11,15,16). The van der Waals surface area contributed by atoms with Crippen LogP contribution in [0.1, 0.15) is 0 Å². The maximum atomic E-state index is 10.7. The maximum Gasteiger partial charge on any atom is 0.312 e. The summed E-state index contributed by atoms with van der Waals surface area (Å²) in [6.45, 7) is -0.322. The minimum atomic E-state index is -3.70. The molecule has 2 N–H and O–H groups in total. The highest BCUT2D eigenvalue weighted by Crippen LogP contribution is 2.35. The van der Waals surface area contributed by atoms with Gasteiger partial charge in [-0.3, -0.25) is 10.1 Å². The number of nitro groups is 1. The van der Waals surface area contributed by atoms with Gasteiger partial charge in [0.1, 0.15) is 6.61 Å². The molecule has 0 spiro atoms. The lowest BCUT2D eigenvalue weighted by Gasteiger charge is -2.07. The summed E-state index contributed by atoms with van der Waals surface area (Å²) in [6.07, 6.45) is 0. The van der Waals surface area contributed by atoms with Crippen LogP contribution in [0.2, 0.25) is 10.0 Å². The molecule has 0 saturated carbocycles. The lowest BCUT2D eigenvalue weighted by atomic mass is 10.3. The molecule has 7 nitrogen and oxygen atoms in total. The summed E-state index contributed by atoms with van der Waals surface area (Å²) in [5.74, 6) is -0.636. The molecule has 0 atom stereocenters. The highest BCUT2D eigenvalue weighted by molar-refractivity contribution is 7.89. The van der Waals surface area contributed by atoms with Crippen molar-refractivity contribution >= 4 is 38.9 Å². The van der Waals surface area contributed by atoms with Crippen LogP contribution in [0.15, 0.2) is 12.1 Å². The topological polar surface area (TPSA) is 113 Å². The van der Waals surface area contributed by atoms with Gasteiger partial charge >= 0.3 is 5.69 Å². The molecule has 0 aliphatic heterocycles. The van der Waals surface area contributed by atoms with E-state index >= 15 is 0 Å². The smallest absolute Gasteiger partial charge is 0.312 e.